The summed E-state index contributed by atoms with van der Waals surface area (Å²) in [5.41, 5.74) is 1.59. The van der Waals surface area contributed by atoms with E-state index >= 15 is 0 Å². The standard InChI is InChI=1S/C16H19NO2/c1-11(18)13-7-8-15-14(10-13)16(19-17-15)9-12-5-3-2-4-6-12/h7-8,10,12H,2-6,9H2,1H3. The number of carbonyl (C=O) groups is 1. The van der Waals surface area contributed by atoms with Gasteiger partial charge in [-0.2, -0.15) is 0 Å². The van der Waals surface area contributed by atoms with E-state index in [0.717, 1.165) is 28.6 Å². The van der Waals surface area contributed by atoms with Gasteiger partial charge in [0.15, 0.2) is 5.78 Å². The summed E-state index contributed by atoms with van der Waals surface area (Å²) in [6.45, 7) is 1.59. The van der Waals surface area contributed by atoms with Crippen molar-refractivity contribution in [2.24, 2.45) is 5.92 Å². The molecule has 0 spiro atoms. The molecule has 0 aliphatic heterocycles. The number of aromatic nitrogens is 1. The van der Waals surface area contributed by atoms with Crippen molar-refractivity contribution < 1.29 is 9.32 Å². The predicted molar refractivity (Wildman–Crippen MR) is 74.3 cm³/mol. The first-order valence-electron chi connectivity index (χ1n) is 7.13. The Kier molecular flexibility index (Phi) is 3.36. The van der Waals surface area contributed by atoms with Crippen LogP contribution in [0.15, 0.2) is 22.7 Å². The number of ketones is 1. The number of Topliss-reactive ketones (excluding diaryl/α,β-unsaturated/α-hetero) is 1. The molecular weight excluding hydrogens is 238 g/mol. The average Bonchev–Trinajstić information content (AvgIpc) is 2.82. The lowest BCUT2D eigenvalue weighted by atomic mass is 9.86. The molecule has 2 aromatic rings. The van der Waals surface area contributed by atoms with Crippen LogP contribution < -0.4 is 0 Å². The zero-order valence-corrected chi connectivity index (χ0v) is 11.3. The fraction of sp³-hybridized carbons (Fsp3) is 0.500. The van der Waals surface area contributed by atoms with Gasteiger partial charge in [0.1, 0.15) is 11.3 Å². The van der Waals surface area contributed by atoms with E-state index in [1.807, 2.05) is 18.2 Å². The molecule has 100 valence electrons. The van der Waals surface area contributed by atoms with Gasteiger partial charge in [0.25, 0.3) is 0 Å². The molecule has 0 unspecified atom stereocenters. The maximum Gasteiger partial charge on any atom is 0.159 e. The fourth-order valence-corrected chi connectivity index (χ4v) is 3.01. The molecule has 0 radical (unpaired) electrons. The third-order valence-corrected chi connectivity index (χ3v) is 4.16. The minimum Gasteiger partial charge on any atom is -0.360 e. The van der Waals surface area contributed by atoms with Gasteiger partial charge >= 0.3 is 0 Å². The topological polar surface area (TPSA) is 43.1 Å². The Balaban J connectivity index is 1.89. The molecule has 1 aliphatic carbocycles. The zero-order chi connectivity index (χ0) is 13.2. The fourth-order valence-electron chi connectivity index (χ4n) is 3.01. The highest BCUT2D eigenvalue weighted by atomic mass is 16.5. The van der Waals surface area contributed by atoms with Crippen LogP contribution in [0.3, 0.4) is 0 Å². The van der Waals surface area contributed by atoms with Crippen LogP contribution in [-0.2, 0) is 6.42 Å². The van der Waals surface area contributed by atoms with E-state index in [1.165, 1.54) is 32.1 Å². The Hall–Kier alpha value is -1.64. The minimum atomic E-state index is 0.0896. The Morgan fingerprint density at radius 1 is 1.32 bits per heavy atom. The van der Waals surface area contributed by atoms with Crippen molar-refractivity contribution >= 4 is 16.7 Å². The van der Waals surface area contributed by atoms with Crippen molar-refractivity contribution in [3.05, 3.63) is 29.5 Å². The highest BCUT2D eigenvalue weighted by Crippen LogP contribution is 2.30. The van der Waals surface area contributed by atoms with Crippen molar-refractivity contribution in [2.45, 2.75) is 45.4 Å². The molecule has 3 rings (SSSR count). The zero-order valence-electron chi connectivity index (χ0n) is 11.3. The molecule has 0 N–H and O–H groups in total. The average molecular weight is 257 g/mol. The second-order valence-electron chi connectivity index (χ2n) is 5.60. The molecule has 1 fully saturated rings. The van der Waals surface area contributed by atoms with E-state index in [2.05, 4.69) is 5.16 Å². The van der Waals surface area contributed by atoms with Crippen LogP contribution >= 0.6 is 0 Å². The van der Waals surface area contributed by atoms with Crippen molar-refractivity contribution in [2.75, 3.05) is 0 Å². The van der Waals surface area contributed by atoms with Gasteiger partial charge in [-0.1, -0.05) is 37.3 Å². The molecule has 1 aliphatic rings. The number of benzene rings is 1. The summed E-state index contributed by atoms with van der Waals surface area (Å²) >= 11 is 0. The van der Waals surface area contributed by atoms with Gasteiger partial charge in [0.2, 0.25) is 0 Å². The van der Waals surface area contributed by atoms with E-state index in [9.17, 15) is 4.79 Å². The van der Waals surface area contributed by atoms with Gasteiger partial charge in [0.05, 0.1) is 0 Å². The minimum absolute atomic E-state index is 0.0896. The van der Waals surface area contributed by atoms with Crippen molar-refractivity contribution in [3.63, 3.8) is 0 Å². The molecule has 0 saturated heterocycles. The number of fused-ring (bicyclic) bond motifs is 1. The quantitative estimate of drug-likeness (QED) is 0.776. The molecule has 0 amide bonds. The third-order valence-electron chi connectivity index (χ3n) is 4.16. The Labute approximate surface area is 113 Å². The highest BCUT2D eigenvalue weighted by molar-refractivity contribution is 5.98. The van der Waals surface area contributed by atoms with Gasteiger partial charge in [-0.15, -0.1) is 0 Å². The summed E-state index contributed by atoms with van der Waals surface area (Å²) < 4.78 is 5.49. The Morgan fingerprint density at radius 2 is 2.11 bits per heavy atom. The van der Waals surface area contributed by atoms with E-state index in [0.29, 0.717) is 5.92 Å². The summed E-state index contributed by atoms with van der Waals surface area (Å²) in [5, 5.41) is 5.11. The van der Waals surface area contributed by atoms with Crippen molar-refractivity contribution in [1.29, 1.82) is 0 Å². The summed E-state index contributed by atoms with van der Waals surface area (Å²) in [6, 6.07) is 5.61. The monoisotopic (exact) mass is 257 g/mol. The summed E-state index contributed by atoms with van der Waals surface area (Å²) in [6.07, 6.45) is 7.55. The van der Waals surface area contributed by atoms with Crippen molar-refractivity contribution in [1.82, 2.24) is 5.16 Å². The lowest BCUT2D eigenvalue weighted by Gasteiger charge is -2.20. The number of carbonyl (C=O) groups excluding carboxylic acids is 1. The van der Waals surface area contributed by atoms with Crippen LogP contribution in [0.5, 0.6) is 0 Å². The molecule has 3 nitrogen and oxygen atoms in total. The van der Waals surface area contributed by atoms with Gasteiger partial charge in [-0.05, 0) is 31.0 Å². The van der Waals surface area contributed by atoms with Crippen molar-refractivity contribution in [3.8, 4) is 0 Å². The van der Waals surface area contributed by atoms with E-state index in [4.69, 9.17) is 4.52 Å². The summed E-state index contributed by atoms with van der Waals surface area (Å²) in [7, 11) is 0. The third kappa shape index (κ3) is 2.55. The van der Waals surface area contributed by atoms with Crippen LogP contribution in [0.25, 0.3) is 10.9 Å². The van der Waals surface area contributed by atoms with E-state index in [-0.39, 0.29) is 5.78 Å². The lowest BCUT2D eigenvalue weighted by Crippen LogP contribution is -2.08. The van der Waals surface area contributed by atoms with Crippen LogP contribution in [0.2, 0.25) is 0 Å². The summed E-state index contributed by atoms with van der Waals surface area (Å²) in [5.74, 6) is 1.75. The van der Waals surface area contributed by atoms with Gasteiger partial charge < -0.3 is 4.52 Å². The van der Waals surface area contributed by atoms with Gasteiger partial charge in [-0.25, -0.2) is 0 Å². The molecule has 1 saturated carbocycles. The lowest BCUT2D eigenvalue weighted by molar-refractivity contribution is 0.101. The van der Waals surface area contributed by atoms with Gasteiger partial charge in [-0.3, -0.25) is 4.79 Å². The SMILES string of the molecule is CC(=O)c1ccc2noc(CC3CCCCC3)c2c1. The smallest absolute Gasteiger partial charge is 0.159 e. The first-order chi connectivity index (χ1) is 9.24. The number of nitrogens with zero attached hydrogens (tertiary/aromatic N) is 1. The normalized spacial score (nSPS) is 16.9. The van der Waals surface area contributed by atoms with Gasteiger partial charge in [0, 0.05) is 17.4 Å². The van der Waals surface area contributed by atoms with Crippen LogP contribution in [0.1, 0.15) is 55.1 Å². The first kappa shape index (κ1) is 12.4. The second-order valence-corrected chi connectivity index (χ2v) is 5.60. The molecule has 1 heterocycles. The van der Waals surface area contributed by atoms with Crippen LogP contribution in [0, 0.1) is 5.92 Å². The Bertz CT molecular complexity index is 594. The number of rotatable bonds is 3. The molecule has 1 aromatic carbocycles. The molecule has 0 atom stereocenters. The second kappa shape index (κ2) is 5.16. The maximum absolute atomic E-state index is 11.5. The highest BCUT2D eigenvalue weighted by Gasteiger charge is 2.18. The molecule has 0 bridgehead atoms. The molecule has 3 heteroatoms. The first-order valence-corrected chi connectivity index (χ1v) is 7.13. The summed E-state index contributed by atoms with van der Waals surface area (Å²) in [4.78, 5) is 11.5. The molecule has 1 aromatic heterocycles. The number of hydrogen-bond donors (Lipinski definition) is 0. The number of hydrogen-bond acceptors (Lipinski definition) is 3. The predicted octanol–water partition coefficient (Wildman–Crippen LogP) is 4.15. The molecule has 19 heavy (non-hydrogen) atoms. The van der Waals surface area contributed by atoms with E-state index in [1.54, 1.807) is 6.92 Å². The van der Waals surface area contributed by atoms with Crippen LogP contribution in [-0.4, -0.2) is 10.9 Å². The molecular formula is C16H19NO2. The maximum atomic E-state index is 11.5. The van der Waals surface area contributed by atoms with Crippen LogP contribution in [0.4, 0.5) is 0 Å². The Morgan fingerprint density at radius 3 is 2.84 bits per heavy atom. The largest absolute Gasteiger partial charge is 0.360 e. The van der Waals surface area contributed by atoms with E-state index < -0.39 is 0 Å².